The summed E-state index contributed by atoms with van der Waals surface area (Å²) in [6.07, 6.45) is 3.24. The number of hydrogen-bond acceptors (Lipinski definition) is 2. The Balaban J connectivity index is 2.03. The van der Waals surface area contributed by atoms with Crippen molar-refractivity contribution in [3.63, 3.8) is 0 Å². The summed E-state index contributed by atoms with van der Waals surface area (Å²) in [5.41, 5.74) is 0. The van der Waals surface area contributed by atoms with Gasteiger partial charge in [0.25, 0.3) is 0 Å². The monoisotopic (exact) mass is 287 g/mol. The van der Waals surface area contributed by atoms with Crippen LogP contribution in [0.5, 0.6) is 5.75 Å². The minimum atomic E-state index is -0.433. The molecule has 4 heteroatoms. The number of ether oxygens (including phenoxy) is 1. The smallest absolute Gasteiger partial charge is 0.145 e. The molecule has 0 amide bonds. The lowest BCUT2D eigenvalue weighted by Crippen LogP contribution is -2.20. The summed E-state index contributed by atoms with van der Waals surface area (Å²) in [4.78, 5) is 0. The largest absolute Gasteiger partial charge is 0.493 e. The maximum atomic E-state index is 13.1. The van der Waals surface area contributed by atoms with Crippen LogP contribution in [0.15, 0.2) is 18.2 Å². The van der Waals surface area contributed by atoms with Crippen LogP contribution < -0.4 is 10.1 Å². The quantitative estimate of drug-likeness (QED) is 0.685. The molecular weight excluding hydrogens is 265 g/mol. The van der Waals surface area contributed by atoms with Crippen molar-refractivity contribution >= 4 is 11.6 Å². The van der Waals surface area contributed by atoms with Gasteiger partial charge in [-0.15, -0.1) is 0 Å². The van der Waals surface area contributed by atoms with Crippen molar-refractivity contribution in [2.75, 3.05) is 19.7 Å². The van der Waals surface area contributed by atoms with Crippen LogP contribution in [0.25, 0.3) is 0 Å². The van der Waals surface area contributed by atoms with E-state index >= 15 is 0 Å². The Morgan fingerprint density at radius 2 is 2.05 bits per heavy atom. The van der Waals surface area contributed by atoms with Gasteiger partial charge >= 0.3 is 0 Å². The standard InChI is InChI=1S/C15H23ClFNO/c1-12(2)11-18-8-4-3-5-9-19-13-6-7-14(16)15(17)10-13/h6-7,10,12,18H,3-5,8-9,11H2,1-2H3. The fraction of sp³-hybridized carbons (Fsp3) is 0.600. The highest BCUT2D eigenvalue weighted by Crippen LogP contribution is 2.20. The molecule has 0 heterocycles. The second-order valence-corrected chi connectivity index (χ2v) is 5.49. The first kappa shape index (κ1) is 16.3. The lowest BCUT2D eigenvalue weighted by atomic mass is 10.2. The number of unbranched alkanes of at least 4 members (excludes halogenated alkanes) is 2. The predicted molar refractivity (Wildman–Crippen MR) is 78.5 cm³/mol. The SMILES string of the molecule is CC(C)CNCCCCCOc1ccc(Cl)c(F)c1. The van der Waals surface area contributed by atoms with Crippen LogP contribution in [0.1, 0.15) is 33.1 Å². The summed E-state index contributed by atoms with van der Waals surface area (Å²) >= 11 is 5.60. The Morgan fingerprint density at radius 1 is 1.26 bits per heavy atom. The highest BCUT2D eigenvalue weighted by Gasteiger charge is 2.01. The molecule has 0 fully saturated rings. The number of rotatable bonds is 9. The van der Waals surface area contributed by atoms with Crippen molar-refractivity contribution in [2.45, 2.75) is 33.1 Å². The molecular formula is C15H23ClFNO. The summed E-state index contributed by atoms with van der Waals surface area (Å²) < 4.78 is 18.6. The number of hydrogen-bond donors (Lipinski definition) is 1. The molecule has 0 aliphatic rings. The van der Waals surface area contributed by atoms with Crippen molar-refractivity contribution in [1.82, 2.24) is 5.32 Å². The summed E-state index contributed by atoms with van der Waals surface area (Å²) in [7, 11) is 0. The maximum Gasteiger partial charge on any atom is 0.145 e. The Hall–Kier alpha value is -0.800. The lowest BCUT2D eigenvalue weighted by Gasteiger charge is -2.08. The van der Waals surface area contributed by atoms with Gasteiger partial charge in [-0.1, -0.05) is 25.4 Å². The predicted octanol–water partition coefficient (Wildman–Crippen LogP) is 4.27. The summed E-state index contributed by atoms with van der Waals surface area (Å²) in [5.74, 6) is 0.806. The molecule has 2 nitrogen and oxygen atoms in total. The van der Waals surface area contributed by atoms with Crippen LogP contribution >= 0.6 is 11.6 Å². The van der Waals surface area contributed by atoms with E-state index in [2.05, 4.69) is 19.2 Å². The molecule has 0 saturated heterocycles. The van der Waals surface area contributed by atoms with Crippen LogP contribution in [0.3, 0.4) is 0 Å². The molecule has 0 bridgehead atoms. The Kier molecular flexibility index (Phi) is 7.84. The van der Waals surface area contributed by atoms with Gasteiger partial charge in [-0.3, -0.25) is 0 Å². The van der Waals surface area contributed by atoms with E-state index in [1.807, 2.05) is 0 Å². The number of nitrogens with one attached hydrogen (secondary N) is 1. The van der Waals surface area contributed by atoms with E-state index in [1.54, 1.807) is 6.07 Å². The fourth-order valence-corrected chi connectivity index (χ4v) is 1.79. The second-order valence-electron chi connectivity index (χ2n) is 5.08. The molecule has 0 aliphatic heterocycles. The summed E-state index contributed by atoms with van der Waals surface area (Å²) in [5, 5.41) is 3.53. The van der Waals surface area contributed by atoms with Gasteiger partial charge < -0.3 is 10.1 Å². The molecule has 0 spiro atoms. The van der Waals surface area contributed by atoms with Crippen LogP contribution in [0, 0.1) is 11.7 Å². The molecule has 0 unspecified atom stereocenters. The maximum absolute atomic E-state index is 13.1. The molecule has 1 aromatic rings. The zero-order valence-electron chi connectivity index (χ0n) is 11.7. The van der Waals surface area contributed by atoms with Crippen molar-refractivity contribution in [3.8, 4) is 5.75 Å². The molecule has 0 aliphatic carbocycles. The van der Waals surface area contributed by atoms with E-state index in [0.717, 1.165) is 32.4 Å². The zero-order chi connectivity index (χ0) is 14.1. The minimum absolute atomic E-state index is 0.128. The Labute approximate surface area is 120 Å². The lowest BCUT2D eigenvalue weighted by molar-refractivity contribution is 0.303. The van der Waals surface area contributed by atoms with Gasteiger partial charge in [0, 0.05) is 6.07 Å². The first-order valence-corrected chi connectivity index (χ1v) is 7.26. The van der Waals surface area contributed by atoms with Crippen molar-refractivity contribution < 1.29 is 9.13 Å². The first-order valence-electron chi connectivity index (χ1n) is 6.88. The minimum Gasteiger partial charge on any atom is -0.493 e. The normalized spacial score (nSPS) is 11.0. The van der Waals surface area contributed by atoms with Crippen LogP contribution in [0.2, 0.25) is 5.02 Å². The van der Waals surface area contributed by atoms with E-state index < -0.39 is 5.82 Å². The molecule has 19 heavy (non-hydrogen) atoms. The molecule has 1 aromatic carbocycles. The van der Waals surface area contributed by atoms with Crippen LogP contribution in [-0.2, 0) is 0 Å². The molecule has 0 radical (unpaired) electrons. The van der Waals surface area contributed by atoms with Gasteiger partial charge in [0.1, 0.15) is 11.6 Å². The third-order valence-corrected chi connectivity index (χ3v) is 3.02. The van der Waals surface area contributed by atoms with E-state index in [-0.39, 0.29) is 5.02 Å². The number of halogens is 2. The second kappa shape index (κ2) is 9.16. The Morgan fingerprint density at radius 3 is 2.74 bits per heavy atom. The van der Waals surface area contributed by atoms with Crippen LogP contribution in [-0.4, -0.2) is 19.7 Å². The summed E-state index contributed by atoms with van der Waals surface area (Å²) in [6, 6.07) is 4.53. The topological polar surface area (TPSA) is 21.3 Å². The highest BCUT2D eigenvalue weighted by atomic mass is 35.5. The summed E-state index contributed by atoms with van der Waals surface area (Å²) in [6.45, 7) is 7.14. The van der Waals surface area contributed by atoms with E-state index in [0.29, 0.717) is 18.3 Å². The van der Waals surface area contributed by atoms with E-state index in [1.165, 1.54) is 12.1 Å². The zero-order valence-corrected chi connectivity index (χ0v) is 12.5. The Bertz CT molecular complexity index is 371. The van der Waals surface area contributed by atoms with Gasteiger partial charge in [0.05, 0.1) is 11.6 Å². The van der Waals surface area contributed by atoms with Crippen molar-refractivity contribution in [3.05, 3.63) is 29.0 Å². The fourth-order valence-electron chi connectivity index (χ4n) is 1.68. The van der Waals surface area contributed by atoms with Gasteiger partial charge in [-0.25, -0.2) is 4.39 Å². The molecule has 0 atom stereocenters. The first-order chi connectivity index (χ1) is 9.09. The van der Waals surface area contributed by atoms with Crippen molar-refractivity contribution in [2.24, 2.45) is 5.92 Å². The third kappa shape index (κ3) is 7.38. The van der Waals surface area contributed by atoms with Crippen LogP contribution in [0.4, 0.5) is 4.39 Å². The average molecular weight is 288 g/mol. The van der Waals surface area contributed by atoms with Gasteiger partial charge in [-0.2, -0.15) is 0 Å². The van der Waals surface area contributed by atoms with Crippen molar-refractivity contribution in [1.29, 1.82) is 0 Å². The average Bonchev–Trinajstić information content (AvgIpc) is 2.36. The van der Waals surface area contributed by atoms with E-state index in [4.69, 9.17) is 16.3 Å². The molecule has 0 aromatic heterocycles. The molecule has 108 valence electrons. The highest BCUT2D eigenvalue weighted by molar-refractivity contribution is 6.30. The number of benzene rings is 1. The molecule has 0 saturated carbocycles. The van der Waals surface area contributed by atoms with E-state index in [9.17, 15) is 4.39 Å². The molecule has 1 N–H and O–H groups in total. The van der Waals surface area contributed by atoms with Gasteiger partial charge in [0.15, 0.2) is 0 Å². The van der Waals surface area contributed by atoms with Gasteiger partial charge in [-0.05, 0) is 50.4 Å². The third-order valence-electron chi connectivity index (χ3n) is 2.71. The molecule has 1 rings (SSSR count). The van der Waals surface area contributed by atoms with Gasteiger partial charge in [0.2, 0.25) is 0 Å².